The van der Waals surface area contributed by atoms with E-state index in [1.54, 1.807) is 7.11 Å². The Bertz CT molecular complexity index is 440. The van der Waals surface area contributed by atoms with E-state index in [-0.39, 0.29) is 6.54 Å². The molecule has 0 aliphatic heterocycles. The van der Waals surface area contributed by atoms with Gasteiger partial charge in [0.15, 0.2) is 0 Å². The zero-order chi connectivity index (χ0) is 15.1. The minimum atomic E-state index is -0.772. The Balaban J connectivity index is 1.81. The van der Waals surface area contributed by atoms with Crippen LogP contribution in [0.1, 0.15) is 25.7 Å². The monoisotopic (exact) mass is 293 g/mol. The summed E-state index contributed by atoms with van der Waals surface area (Å²) in [7, 11) is 1.63. The third-order valence-electron chi connectivity index (χ3n) is 3.89. The van der Waals surface area contributed by atoms with Crippen LogP contribution < -0.4 is 9.47 Å². The number of benzene rings is 1. The summed E-state index contributed by atoms with van der Waals surface area (Å²) in [6.45, 7) is 1.23. The SMILES string of the molecule is COc1ccc(OCCN(CC(=O)O)C2CCCC2)cc1. The first-order valence-corrected chi connectivity index (χ1v) is 7.41. The third-order valence-corrected chi connectivity index (χ3v) is 3.89. The molecule has 116 valence electrons. The molecule has 5 heteroatoms. The molecule has 0 heterocycles. The van der Waals surface area contributed by atoms with Crippen LogP contribution in [0.25, 0.3) is 0 Å². The summed E-state index contributed by atoms with van der Waals surface area (Å²) in [5.41, 5.74) is 0. The van der Waals surface area contributed by atoms with Gasteiger partial charge in [0.05, 0.1) is 13.7 Å². The summed E-state index contributed by atoms with van der Waals surface area (Å²) >= 11 is 0. The van der Waals surface area contributed by atoms with Gasteiger partial charge in [-0.1, -0.05) is 12.8 Å². The van der Waals surface area contributed by atoms with Crippen LogP contribution in [0, 0.1) is 0 Å². The van der Waals surface area contributed by atoms with Gasteiger partial charge in [0, 0.05) is 12.6 Å². The lowest BCUT2D eigenvalue weighted by molar-refractivity contribution is -0.139. The van der Waals surface area contributed by atoms with Crippen LogP contribution in [0.2, 0.25) is 0 Å². The van der Waals surface area contributed by atoms with Crippen molar-refractivity contribution < 1.29 is 19.4 Å². The van der Waals surface area contributed by atoms with E-state index in [9.17, 15) is 4.79 Å². The van der Waals surface area contributed by atoms with Crippen molar-refractivity contribution >= 4 is 5.97 Å². The molecule has 2 rings (SSSR count). The lowest BCUT2D eigenvalue weighted by Gasteiger charge is -2.26. The highest BCUT2D eigenvalue weighted by atomic mass is 16.5. The Morgan fingerprint density at radius 3 is 2.43 bits per heavy atom. The molecule has 0 unspecified atom stereocenters. The van der Waals surface area contributed by atoms with Crippen molar-refractivity contribution in [2.45, 2.75) is 31.7 Å². The Hall–Kier alpha value is -1.75. The Morgan fingerprint density at radius 2 is 1.86 bits per heavy atom. The van der Waals surface area contributed by atoms with Crippen LogP contribution in [-0.4, -0.2) is 48.8 Å². The number of hydrogen-bond acceptors (Lipinski definition) is 4. The van der Waals surface area contributed by atoms with Crippen LogP contribution >= 0.6 is 0 Å². The first-order valence-electron chi connectivity index (χ1n) is 7.41. The quantitative estimate of drug-likeness (QED) is 0.797. The molecule has 1 aliphatic rings. The van der Waals surface area contributed by atoms with E-state index in [2.05, 4.69) is 0 Å². The van der Waals surface area contributed by atoms with Crippen LogP contribution in [0.4, 0.5) is 0 Å². The molecular formula is C16H23NO4. The number of carboxylic acid groups (broad SMARTS) is 1. The first-order chi connectivity index (χ1) is 10.2. The minimum absolute atomic E-state index is 0.0939. The molecule has 0 bridgehead atoms. The van der Waals surface area contributed by atoms with Gasteiger partial charge in [-0.25, -0.2) is 0 Å². The van der Waals surface area contributed by atoms with Gasteiger partial charge in [0.25, 0.3) is 0 Å². The number of hydrogen-bond donors (Lipinski definition) is 1. The number of aliphatic carboxylic acids is 1. The summed E-state index contributed by atoms with van der Waals surface area (Å²) in [6, 6.07) is 7.80. The highest BCUT2D eigenvalue weighted by Crippen LogP contribution is 2.23. The highest BCUT2D eigenvalue weighted by Gasteiger charge is 2.23. The topological polar surface area (TPSA) is 59.0 Å². The molecule has 21 heavy (non-hydrogen) atoms. The second kappa shape index (κ2) is 7.88. The average molecular weight is 293 g/mol. The standard InChI is InChI=1S/C16H23NO4/c1-20-14-6-8-15(9-7-14)21-11-10-17(12-16(18)19)13-4-2-3-5-13/h6-9,13H,2-5,10-12H2,1H3,(H,18,19). The molecule has 0 spiro atoms. The van der Waals surface area contributed by atoms with Gasteiger partial charge < -0.3 is 14.6 Å². The first kappa shape index (κ1) is 15.6. The summed E-state index contributed by atoms with van der Waals surface area (Å²) in [5, 5.41) is 9.02. The van der Waals surface area contributed by atoms with Crippen LogP contribution in [0.15, 0.2) is 24.3 Å². The molecule has 0 saturated heterocycles. The second-order valence-electron chi connectivity index (χ2n) is 5.33. The second-order valence-corrected chi connectivity index (χ2v) is 5.33. The van der Waals surface area contributed by atoms with E-state index < -0.39 is 5.97 Å². The predicted molar refractivity (Wildman–Crippen MR) is 80.0 cm³/mol. The highest BCUT2D eigenvalue weighted by molar-refractivity contribution is 5.69. The van der Waals surface area contributed by atoms with Gasteiger partial charge in [0.1, 0.15) is 18.1 Å². The fraction of sp³-hybridized carbons (Fsp3) is 0.562. The fourth-order valence-corrected chi connectivity index (χ4v) is 2.79. The zero-order valence-electron chi connectivity index (χ0n) is 12.5. The summed E-state index contributed by atoms with van der Waals surface area (Å²) in [6.07, 6.45) is 4.58. The molecular weight excluding hydrogens is 270 g/mol. The van der Waals surface area contributed by atoms with Crippen LogP contribution in [0.5, 0.6) is 11.5 Å². The van der Waals surface area contributed by atoms with Crippen molar-refractivity contribution in [2.75, 3.05) is 26.8 Å². The predicted octanol–water partition coefficient (Wildman–Crippen LogP) is 2.40. The maximum atomic E-state index is 11.0. The molecule has 0 radical (unpaired) electrons. The van der Waals surface area contributed by atoms with Gasteiger partial charge in [-0.2, -0.15) is 0 Å². The number of ether oxygens (including phenoxy) is 2. The molecule has 0 atom stereocenters. The van der Waals surface area contributed by atoms with Crippen molar-refractivity contribution in [3.05, 3.63) is 24.3 Å². The molecule has 1 aromatic carbocycles. The van der Waals surface area contributed by atoms with Gasteiger partial charge in [-0.05, 0) is 37.1 Å². The van der Waals surface area contributed by atoms with Gasteiger partial charge in [0.2, 0.25) is 0 Å². The fourth-order valence-electron chi connectivity index (χ4n) is 2.79. The third kappa shape index (κ3) is 4.93. The largest absolute Gasteiger partial charge is 0.497 e. The van der Waals surface area contributed by atoms with Crippen molar-refractivity contribution in [2.24, 2.45) is 0 Å². The van der Waals surface area contributed by atoms with E-state index >= 15 is 0 Å². The van der Waals surface area contributed by atoms with E-state index in [1.165, 1.54) is 12.8 Å². The van der Waals surface area contributed by atoms with Crippen LogP contribution in [0.3, 0.4) is 0 Å². The van der Waals surface area contributed by atoms with Crippen molar-refractivity contribution in [3.8, 4) is 11.5 Å². The van der Waals surface area contributed by atoms with E-state index in [1.807, 2.05) is 29.2 Å². The molecule has 1 aromatic rings. The van der Waals surface area contributed by atoms with Crippen LogP contribution in [-0.2, 0) is 4.79 Å². The van der Waals surface area contributed by atoms with Crippen molar-refractivity contribution in [3.63, 3.8) is 0 Å². The zero-order valence-corrected chi connectivity index (χ0v) is 12.5. The number of nitrogens with zero attached hydrogens (tertiary/aromatic N) is 1. The Kier molecular flexibility index (Phi) is 5.87. The number of methoxy groups -OCH3 is 1. The lowest BCUT2D eigenvalue weighted by atomic mass is 10.2. The normalized spacial score (nSPS) is 15.3. The van der Waals surface area contributed by atoms with E-state index in [0.717, 1.165) is 24.3 Å². The molecule has 0 amide bonds. The molecule has 1 N–H and O–H groups in total. The molecule has 1 saturated carbocycles. The molecule has 5 nitrogen and oxygen atoms in total. The van der Waals surface area contributed by atoms with Gasteiger partial charge >= 0.3 is 5.97 Å². The van der Waals surface area contributed by atoms with E-state index in [4.69, 9.17) is 14.6 Å². The van der Waals surface area contributed by atoms with Gasteiger partial charge in [-0.15, -0.1) is 0 Å². The maximum Gasteiger partial charge on any atom is 0.317 e. The van der Waals surface area contributed by atoms with Crippen molar-refractivity contribution in [1.82, 2.24) is 4.90 Å². The smallest absolute Gasteiger partial charge is 0.317 e. The Labute approximate surface area is 125 Å². The number of carbonyl (C=O) groups is 1. The number of rotatable bonds is 8. The summed E-state index contributed by atoms with van der Waals surface area (Å²) in [5.74, 6) is 0.796. The Morgan fingerprint density at radius 1 is 1.24 bits per heavy atom. The summed E-state index contributed by atoms with van der Waals surface area (Å²) < 4.78 is 10.8. The number of carboxylic acids is 1. The minimum Gasteiger partial charge on any atom is -0.497 e. The average Bonchev–Trinajstić information content (AvgIpc) is 3.00. The maximum absolute atomic E-state index is 11.0. The lowest BCUT2D eigenvalue weighted by Crippen LogP contribution is -2.40. The molecule has 0 aromatic heterocycles. The summed E-state index contributed by atoms with van der Waals surface area (Å²) in [4.78, 5) is 13.0. The van der Waals surface area contributed by atoms with Gasteiger partial charge in [-0.3, -0.25) is 9.69 Å². The van der Waals surface area contributed by atoms with E-state index in [0.29, 0.717) is 19.2 Å². The van der Waals surface area contributed by atoms with Crippen molar-refractivity contribution in [1.29, 1.82) is 0 Å². The molecule has 1 fully saturated rings. The molecule has 1 aliphatic carbocycles.